The summed E-state index contributed by atoms with van der Waals surface area (Å²) in [6, 6.07) is 13.3. The molecule has 1 aromatic heterocycles. The first kappa shape index (κ1) is 16.8. The summed E-state index contributed by atoms with van der Waals surface area (Å²) in [6.45, 7) is 5.43. The molecule has 1 aliphatic rings. The maximum Gasteiger partial charge on any atom is 0.336 e. The molecule has 0 spiro atoms. The first-order valence-corrected chi connectivity index (χ1v) is 8.29. The van der Waals surface area contributed by atoms with E-state index in [2.05, 4.69) is 6.58 Å². The number of aryl methyl sites for hydroxylation is 1. The lowest BCUT2D eigenvalue weighted by Crippen LogP contribution is -2.31. The molecule has 2 aromatic carbocycles. The molecule has 0 atom stereocenters. The molecule has 0 saturated carbocycles. The van der Waals surface area contributed by atoms with Gasteiger partial charge in [0.05, 0.1) is 0 Å². The summed E-state index contributed by atoms with van der Waals surface area (Å²) >= 11 is 0. The normalized spacial score (nSPS) is 13.1. The molecule has 6 heteroatoms. The smallest absolute Gasteiger partial charge is 0.336 e. The van der Waals surface area contributed by atoms with Crippen molar-refractivity contribution in [2.24, 2.45) is 0 Å². The molecule has 0 radical (unpaired) electrons. The van der Waals surface area contributed by atoms with Crippen LogP contribution in [0, 0.1) is 6.92 Å². The summed E-state index contributed by atoms with van der Waals surface area (Å²) in [4.78, 5) is 37.6. The highest BCUT2D eigenvalue weighted by atomic mass is 16.5. The van der Waals surface area contributed by atoms with E-state index >= 15 is 0 Å². The van der Waals surface area contributed by atoms with Crippen molar-refractivity contribution in [1.82, 2.24) is 4.90 Å². The molecule has 0 aliphatic carbocycles. The molecule has 2 heterocycles. The number of esters is 1. The Hall–Kier alpha value is -3.67. The lowest BCUT2D eigenvalue weighted by Gasteiger charge is -2.16. The van der Waals surface area contributed by atoms with E-state index in [1.807, 2.05) is 6.07 Å². The van der Waals surface area contributed by atoms with Crippen LogP contribution in [0.4, 0.5) is 0 Å². The zero-order chi connectivity index (χ0) is 19.1. The number of nitrogens with zero attached hydrogens (tertiary/aromatic N) is 1. The van der Waals surface area contributed by atoms with Crippen molar-refractivity contribution in [3.63, 3.8) is 0 Å². The van der Waals surface area contributed by atoms with Crippen LogP contribution in [-0.4, -0.2) is 23.3 Å². The second-order valence-corrected chi connectivity index (χ2v) is 6.26. The van der Waals surface area contributed by atoms with Gasteiger partial charge in [-0.2, -0.15) is 0 Å². The largest absolute Gasteiger partial charge is 0.425 e. The number of benzene rings is 2. The predicted octanol–water partition coefficient (Wildman–Crippen LogP) is 3.13. The van der Waals surface area contributed by atoms with Crippen LogP contribution in [0.2, 0.25) is 0 Å². The van der Waals surface area contributed by atoms with Crippen molar-refractivity contribution in [3.05, 3.63) is 82.2 Å². The predicted molar refractivity (Wildman–Crippen MR) is 99.4 cm³/mol. The average Bonchev–Trinajstić information content (AvgIpc) is 2.86. The minimum Gasteiger partial charge on any atom is -0.425 e. The Labute approximate surface area is 154 Å². The van der Waals surface area contributed by atoms with Gasteiger partial charge >= 0.3 is 11.6 Å². The number of rotatable bonds is 3. The van der Waals surface area contributed by atoms with Crippen LogP contribution in [0.5, 0.6) is 5.75 Å². The highest BCUT2D eigenvalue weighted by Crippen LogP contribution is 2.31. The van der Waals surface area contributed by atoms with Crippen LogP contribution < -0.4 is 10.4 Å². The van der Waals surface area contributed by atoms with Gasteiger partial charge in [0.15, 0.2) is 0 Å². The highest BCUT2D eigenvalue weighted by molar-refractivity contribution is 6.10. The van der Waals surface area contributed by atoms with E-state index in [0.717, 1.165) is 10.9 Å². The molecule has 6 nitrogen and oxygen atoms in total. The van der Waals surface area contributed by atoms with Gasteiger partial charge in [-0.25, -0.2) is 9.59 Å². The van der Waals surface area contributed by atoms with Crippen LogP contribution in [0.15, 0.2) is 64.3 Å². The van der Waals surface area contributed by atoms with E-state index in [9.17, 15) is 14.4 Å². The van der Waals surface area contributed by atoms with Crippen molar-refractivity contribution in [2.75, 3.05) is 6.54 Å². The minimum atomic E-state index is -0.619. The lowest BCUT2D eigenvalue weighted by molar-refractivity contribution is -0.134. The summed E-state index contributed by atoms with van der Waals surface area (Å²) in [5.74, 6) is -0.671. The molecule has 1 aliphatic heterocycles. The molecule has 0 N–H and O–H groups in total. The third-order valence-electron chi connectivity index (χ3n) is 4.48. The molecule has 0 saturated heterocycles. The fraction of sp³-hybridized carbons (Fsp3) is 0.0952. The topological polar surface area (TPSA) is 76.8 Å². The van der Waals surface area contributed by atoms with Gasteiger partial charge in [0, 0.05) is 34.3 Å². The summed E-state index contributed by atoms with van der Waals surface area (Å²) in [5, 5.41) is 0.757. The SMILES string of the molecule is C=C1c2ccccc2C(=O)N1CC(=O)Oc1ccc2c(C)cc(=O)oc2c1. The zero-order valence-electron chi connectivity index (χ0n) is 14.5. The highest BCUT2D eigenvalue weighted by Gasteiger charge is 2.32. The summed E-state index contributed by atoms with van der Waals surface area (Å²) in [6.07, 6.45) is 0. The van der Waals surface area contributed by atoms with E-state index in [0.29, 0.717) is 22.4 Å². The van der Waals surface area contributed by atoms with Gasteiger partial charge in [-0.1, -0.05) is 24.8 Å². The first-order valence-electron chi connectivity index (χ1n) is 8.29. The Balaban J connectivity index is 1.54. The van der Waals surface area contributed by atoms with E-state index in [1.54, 1.807) is 37.3 Å². The minimum absolute atomic E-state index is 0.232. The zero-order valence-corrected chi connectivity index (χ0v) is 14.5. The number of fused-ring (bicyclic) bond motifs is 2. The quantitative estimate of drug-likeness (QED) is 0.407. The number of hydrogen-bond donors (Lipinski definition) is 0. The van der Waals surface area contributed by atoms with Crippen LogP contribution in [0.3, 0.4) is 0 Å². The summed E-state index contributed by atoms with van der Waals surface area (Å²) in [7, 11) is 0. The van der Waals surface area contributed by atoms with E-state index in [-0.39, 0.29) is 18.2 Å². The van der Waals surface area contributed by atoms with Crippen LogP contribution in [0.25, 0.3) is 16.7 Å². The maximum absolute atomic E-state index is 12.5. The Morgan fingerprint density at radius 1 is 1.11 bits per heavy atom. The maximum atomic E-state index is 12.5. The molecule has 4 rings (SSSR count). The second kappa shape index (κ2) is 6.25. The molecular formula is C21H15NO5. The lowest BCUT2D eigenvalue weighted by atomic mass is 10.1. The van der Waals surface area contributed by atoms with E-state index in [4.69, 9.17) is 9.15 Å². The van der Waals surface area contributed by atoms with Crippen molar-refractivity contribution in [1.29, 1.82) is 0 Å². The van der Waals surface area contributed by atoms with Gasteiger partial charge in [0.1, 0.15) is 17.9 Å². The number of carbonyl (C=O) groups is 2. The monoisotopic (exact) mass is 361 g/mol. The Bertz CT molecular complexity index is 1140. The molecule has 0 unspecified atom stereocenters. The molecular weight excluding hydrogens is 346 g/mol. The third kappa shape index (κ3) is 2.91. The number of amides is 1. The molecule has 27 heavy (non-hydrogen) atoms. The van der Waals surface area contributed by atoms with Crippen molar-refractivity contribution in [2.45, 2.75) is 6.92 Å². The van der Waals surface area contributed by atoms with E-state index in [1.165, 1.54) is 17.0 Å². The van der Waals surface area contributed by atoms with Gasteiger partial charge < -0.3 is 9.15 Å². The molecule has 134 valence electrons. The van der Waals surface area contributed by atoms with Crippen LogP contribution in [-0.2, 0) is 4.79 Å². The summed E-state index contributed by atoms with van der Waals surface area (Å²) < 4.78 is 10.5. The fourth-order valence-electron chi connectivity index (χ4n) is 3.16. The van der Waals surface area contributed by atoms with Gasteiger partial charge in [-0.05, 0) is 30.7 Å². The number of hydrogen-bond acceptors (Lipinski definition) is 5. The molecule has 3 aromatic rings. The number of ether oxygens (including phenoxy) is 1. The van der Waals surface area contributed by atoms with Crippen LogP contribution >= 0.6 is 0 Å². The van der Waals surface area contributed by atoms with Gasteiger partial charge in [0.2, 0.25) is 0 Å². The Morgan fingerprint density at radius 2 is 1.85 bits per heavy atom. The molecule has 1 amide bonds. The van der Waals surface area contributed by atoms with Crippen molar-refractivity contribution in [3.8, 4) is 5.75 Å². The van der Waals surface area contributed by atoms with Gasteiger partial charge in [-0.3, -0.25) is 9.69 Å². The summed E-state index contributed by atoms with van der Waals surface area (Å²) in [5.41, 5.74) is 2.32. The van der Waals surface area contributed by atoms with Crippen molar-refractivity contribution < 1.29 is 18.7 Å². The van der Waals surface area contributed by atoms with Crippen LogP contribution in [0.1, 0.15) is 21.5 Å². The van der Waals surface area contributed by atoms with Gasteiger partial charge in [0.25, 0.3) is 5.91 Å². The fourth-order valence-corrected chi connectivity index (χ4v) is 3.16. The first-order chi connectivity index (χ1) is 12.9. The standard InChI is InChI=1S/C21H15NO5/c1-12-9-19(23)27-18-10-14(7-8-15(12)18)26-20(24)11-22-13(2)16-5-3-4-6-17(16)21(22)25/h3-10H,2,11H2,1H3. The van der Waals surface area contributed by atoms with Gasteiger partial charge in [-0.15, -0.1) is 0 Å². The third-order valence-corrected chi connectivity index (χ3v) is 4.48. The Morgan fingerprint density at radius 3 is 2.59 bits per heavy atom. The molecule has 0 fully saturated rings. The number of carbonyl (C=O) groups excluding carboxylic acids is 2. The second-order valence-electron chi connectivity index (χ2n) is 6.26. The molecule has 0 bridgehead atoms. The van der Waals surface area contributed by atoms with E-state index < -0.39 is 11.6 Å². The Kier molecular flexibility index (Phi) is 3.88. The van der Waals surface area contributed by atoms with Crippen molar-refractivity contribution >= 4 is 28.5 Å². The average molecular weight is 361 g/mol.